The van der Waals surface area contributed by atoms with Gasteiger partial charge in [0.25, 0.3) is 0 Å². The van der Waals surface area contributed by atoms with Gasteiger partial charge in [-0.2, -0.15) is 0 Å². The predicted octanol–water partition coefficient (Wildman–Crippen LogP) is 4.05. The van der Waals surface area contributed by atoms with Gasteiger partial charge in [-0.15, -0.1) is 0 Å². The molecule has 2 atom stereocenters. The second-order valence-electron chi connectivity index (χ2n) is 7.53. The van der Waals surface area contributed by atoms with Gasteiger partial charge >= 0.3 is 0 Å². The minimum atomic E-state index is -0.173. The van der Waals surface area contributed by atoms with Crippen molar-refractivity contribution in [3.63, 3.8) is 0 Å². The fourth-order valence-corrected chi connectivity index (χ4v) is 4.37. The lowest BCUT2D eigenvalue weighted by Crippen LogP contribution is -2.26. The molecule has 0 aliphatic carbocycles. The average molecular weight is 413 g/mol. The molecule has 0 bridgehead atoms. The Kier molecular flexibility index (Phi) is 4.73. The summed E-state index contributed by atoms with van der Waals surface area (Å²) in [4.78, 5) is 9.46. The summed E-state index contributed by atoms with van der Waals surface area (Å²) in [5.41, 5.74) is 3.50. The quantitative estimate of drug-likeness (QED) is 0.544. The van der Waals surface area contributed by atoms with Crippen LogP contribution in [0, 0.1) is 0 Å². The minimum Gasteiger partial charge on any atom is -0.388 e. The summed E-state index contributed by atoms with van der Waals surface area (Å²) in [6.07, 6.45) is 4.32. The number of hydrogen-bond donors (Lipinski definition) is 1. The first-order chi connectivity index (χ1) is 14.1. The largest absolute Gasteiger partial charge is 0.388 e. The molecule has 1 unspecified atom stereocenters. The molecule has 1 aromatic carbocycles. The van der Waals surface area contributed by atoms with Gasteiger partial charge in [0.2, 0.25) is 0 Å². The lowest BCUT2D eigenvalue weighted by atomic mass is 10.0. The maximum absolute atomic E-state index is 9.27. The standard InChI is InChI=1S/C21H21ClN4O3/c1-12-6-15(4-5-28-12)26-20(9-14-8-16(11-27)29-25-14)24-19-10-23-18-3-2-13(22)7-17(18)21(19)26/h2-3,7-8,10,12,15,27H,4-6,9,11H2,1H3/t12-,15?/m1/s1. The van der Waals surface area contributed by atoms with Crippen molar-refractivity contribution < 1.29 is 14.4 Å². The highest BCUT2D eigenvalue weighted by Gasteiger charge is 2.26. The molecule has 1 saturated heterocycles. The van der Waals surface area contributed by atoms with Gasteiger partial charge in [0.15, 0.2) is 5.76 Å². The zero-order chi connectivity index (χ0) is 20.0. The van der Waals surface area contributed by atoms with Crippen molar-refractivity contribution in [2.24, 2.45) is 0 Å². The third-order valence-electron chi connectivity index (χ3n) is 5.48. The highest BCUT2D eigenvalue weighted by atomic mass is 35.5. The molecule has 8 heteroatoms. The number of aromatic nitrogens is 4. The summed E-state index contributed by atoms with van der Waals surface area (Å²) in [7, 11) is 0. The Morgan fingerprint density at radius 1 is 1.28 bits per heavy atom. The molecule has 0 amide bonds. The van der Waals surface area contributed by atoms with Gasteiger partial charge in [0.1, 0.15) is 17.9 Å². The molecule has 7 nitrogen and oxygen atoms in total. The molecule has 4 heterocycles. The highest BCUT2D eigenvalue weighted by Crippen LogP contribution is 2.34. The fourth-order valence-electron chi connectivity index (χ4n) is 4.20. The van der Waals surface area contributed by atoms with E-state index < -0.39 is 0 Å². The van der Waals surface area contributed by atoms with E-state index in [0.717, 1.165) is 46.3 Å². The van der Waals surface area contributed by atoms with Crippen molar-refractivity contribution in [1.82, 2.24) is 19.7 Å². The van der Waals surface area contributed by atoms with Crippen molar-refractivity contribution in [1.29, 1.82) is 0 Å². The SMILES string of the molecule is C[C@@H]1CC(n2c(Cc3cc(CO)on3)nc3cnc4ccc(Cl)cc4c32)CCO1. The number of nitrogens with zero attached hydrogens (tertiary/aromatic N) is 4. The molecule has 0 radical (unpaired) electrons. The van der Waals surface area contributed by atoms with E-state index in [1.54, 1.807) is 6.07 Å². The number of ether oxygens (including phenoxy) is 1. The number of fused-ring (bicyclic) bond motifs is 3. The molecule has 5 rings (SSSR count). The molecule has 150 valence electrons. The van der Waals surface area contributed by atoms with E-state index in [0.29, 0.717) is 23.8 Å². The van der Waals surface area contributed by atoms with E-state index in [-0.39, 0.29) is 18.8 Å². The third kappa shape index (κ3) is 3.39. The smallest absolute Gasteiger partial charge is 0.162 e. The second-order valence-corrected chi connectivity index (χ2v) is 7.97. The van der Waals surface area contributed by atoms with Crippen LogP contribution in [0.5, 0.6) is 0 Å². The number of benzene rings is 1. The Morgan fingerprint density at radius 2 is 2.17 bits per heavy atom. The molecule has 0 saturated carbocycles. The number of aliphatic hydroxyl groups excluding tert-OH is 1. The van der Waals surface area contributed by atoms with Crippen LogP contribution in [-0.4, -0.2) is 37.5 Å². The van der Waals surface area contributed by atoms with Crippen molar-refractivity contribution in [3.05, 3.63) is 52.8 Å². The third-order valence-corrected chi connectivity index (χ3v) is 5.71. The van der Waals surface area contributed by atoms with E-state index in [9.17, 15) is 5.11 Å². The van der Waals surface area contributed by atoms with Crippen molar-refractivity contribution >= 4 is 33.5 Å². The number of rotatable bonds is 4. The topological polar surface area (TPSA) is 86.2 Å². The zero-order valence-electron chi connectivity index (χ0n) is 16.0. The Balaban J connectivity index is 1.71. The van der Waals surface area contributed by atoms with Gasteiger partial charge in [-0.05, 0) is 38.0 Å². The molecule has 1 N–H and O–H groups in total. The van der Waals surface area contributed by atoms with Crippen molar-refractivity contribution in [2.75, 3.05) is 6.61 Å². The van der Waals surface area contributed by atoms with Crippen molar-refractivity contribution in [2.45, 2.75) is 44.9 Å². The fraction of sp³-hybridized carbons (Fsp3) is 0.381. The summed E-state index contributed by atoms with van der Waals surface area (Å²) in [5.74, 6) is 1.34. The van der Waals surface area contributed by atoms with Crippen LogP contribution in [0.4, 0.5) is 0 Å². The Labute approximate surface area is 172 Å². The van der Waals surface area contributed by atoms with E-state index in [4.69, 9.17) is 25.8 Å². The molecule has 1 fully saturated rings. The first-order valence-corrected chi connectivity index (χ1v) is 10.1. The van der Waals surface area contributed by atoms with Crippen molar-refractivity contribution in [3.8, 4) is 0 Å². The van der Waals surface area contributed by atoms with Crippen LogP contribution in [-0.2, 0) is 17.8 Å². The van der Waals surface area contributed by atoms with Gasteiger partial charge in [0.05, 0.1) is 35.4 Å². The molecule has 3 aromatic heterocycles. The average Bonchev–Trinajstić information content (AvgIpc) is 3.32. The first-order valence-electron chi connectivity index (χ1n) is 9.74. The molecule has 0 spiro atoms. The Hall–Kier alpha value is -2.48. The molecular weight excluding hydrogens is 392 g/mol. The van der Waals surface area contributed by atoms with E-state index >= 15 is 0 Å². The number of aliphatic hydroxyl groups is 1. The van der Waals surface area contributed by atoms with E-state index in [1.165, 1.54) is 0 Å². The van der Waals surface area contributed by atoms with E-state index in [2.05, 4.69) is 21.6 Å². The van der Waals surface area contributed by atoms with Gasteiger partial charge in [-0.25, -0.2) is 4.98 Å². The van der Waals surface area contributed by atoms with Crippen LogP contribution in [0.3, 0.4) is 0 Å². The van der Waals surface area contributed by atoms with E-state index in [1.807, 2.05) is 24.4 Å². The molecular formula is C21H21ClN4O3. The van der Waals surface area contributed by atoms with Crippen LogP contribution >= 0.6 is 11.6 Å². The number of pyridine rings is 1. The molecule has 1 aliphatic heterocycles. The van der Waals surface area contributed by atoms with Crippen LogP contribution in [0.25, 0.3) is 21.9 Å². The van der Waals surface area contributed by atoms with Crippen LogP contribution in [0.15, 0.2) is 35.0 Å². The normalized spacial score (nSPS) is 20.0. The van der Waals surface area contributed by atoms with Crippen LogP contribution in [0.1, 0.15) is 43.1 Å². The lowest BCUT2D eigenvalue weighted by molar-refractivity contribution is 0.00630. The summed E-state index contributed by atoms with van der Waals surface area (Å²) in [6, 6.07) is 7.77. The summed E-state index contributed by atoms with van der Waals surface area (Å²) >= 11 is 6.31. The maximum Gasteiger partial charge on any atom is 0.162 e. The highest BCUT2D eigenvalue weighted by molar-refractivity contribution is 6.31. The number of hydrogen-bond acceptors (Lipinski definition) is 6. The monoisotopic (exact) mass is 412 g/mol. The second kappa shape index (κ2) is 7.40. The summed E-state index contributed by atoms with van der Waals surface area (Å²) in [5, 5.41) is 15.0. The van der Waals surface area contributed by atoms with Crippen LogP contribution in [0.2, 0.25) is 5.02 Å². The molecule has 4 aromatic rings. The summed E-state index contributed by atoms with van der Waals surface area (Å²) in [6.45, 7) is 2.65. The first kappa shape index (κ1) is 18.5. The number of halogens is 1. The molecule has 29 heavy (non-hydrogen) atoms. The van der Waals surface area contributed by atoms with Gasteiger partial charge in [0, 0.05) is 29.1 Å². The van der Waals surface area contributed by atoms with Gasteiger partial charge in [-0.3, -0.25) is 4.98 Å². The Bertz CT molecular complexity index is 1190. The molecule has 1 aliphatic rings. The Morgan fingerprint density at radius 3 is 2.97 bits per heavy atom. The predicted molar refractivity (Wildman–Crippen MR) is 109 cm³/mol. The van der Waals surface area contributed by atoms with Gasteiger partial charge < -0.3 is 18.9 Å². The maximum atomic E-state index is 9.27. The number of imidazole rings is 1. The zero-order valence-corrected chi connectivity index (χ0v) is 16.8. The van der Waals surface area contributed by atoms with Crippen LogP contribution < -0.4 is 0 Å². The van der Waals surface area contributed by atoms with Gasteiger partial charge in [-0.1, -0.05) is 16.8 Å². The minimum absolute atomic E-state index is 0.173. The summed E-state index contributed by atoms with van der Waals surface area (Å²) < 4.78 is 13.2. The lowest BCUT2D eigenvalue weighted by Gasteiger charge is -2.30.